The van der Waals surface area contributed by atoms with Crippen LogP contribution in [0, 0.1) is 6.15 Å². The Labute approximate surface area is 54.6 Å². The quantitative estimate of drug-likeness (QED) is 0.545. The Hall–Kier alpha value is -1.14. The summed E-state index contributed by atoms with van der Waals surface area (Å²) in [6.07, 6.45) is 7.26. The third kappa shape index (κ3) is 2.06. The fourth-order valence-electron chi connectivity index (χ4n) is 0.544. The predicted molar refractivity (Wildman–Crippen MR) is 32.4 cm³/mol. The van der Waals surface area contributed by atoms with Gasteiger partial charge in [0, 0.05) is 25.1 Å². The molecule has 0 fully saturated rings. The molecule has 1 aromatic rings. The van der Waals surface area contributed by atoms with Gasteiger partial charge in [-0.3, -0.25) is 0 Å². The molecule has 0 aromatic carbocycles. The molecule has 0 atom stereocenters. The van der Waals surface area contributed by atoms with Gasteiger partial charge in [-0.1, -0.05) is 6.08 Å². The second kappa shape index (κ2) is 3.81. The van der Waals surface area contributed by atoms with Gasteiger partial charge in [0.15, 0.2) is 0 Å². The average molecular weight is 128 g/mol. The Bertz CT molecular complexity index is 158. The predicted octanol–water partition coefficient (Wildman–Crippen LogP) is 1.07. The van der Waals surface area contributed by atoms with Gasteiger partial charge in [-0.05, 0) is 0 Å². The van der Waals surface area contributed by atoms with Crippen LogP contribution in [0.25, 0.3) is 0 Å². The van der Waals surface area contributed by atoms with Gasteiger partial charge in [0.2, 0.25) is 0 Å². The van der Waals surface area contributed by atoms with Crippen molar-refractivity contribution in [3.05, 3.63) is 31.4 Å². The molecular formula is C6H8N2Ne. The monoisotopic (exact) mass is 128 g/mol. The maximum atomic E-state index is 3.86. The van der Waals surface area contributed by atoms with E-state index in [2.05, 4.69) is 11.6 Å². The van der Waals surface area contributed by atoms with Crippen LogP contribution in [0.15, 0.2) is 31.4 Å². The van der Waals surface area contributed by atoms with Crippen molar-refractivity contribution in [2.24, 2.45) is 0 Å². The molecule has 3 heteroatoms. The van der Waals surface area contributed by atoms with Crippen molar-refractivity contribution < 1.29 is 6.15 Å². The molecule has 0 N–H and O–H groups in total. The van der Waals surface area contributed by atoms with Gasteiger partial charge in [0.05, 0.1) is 6.33 Å². The number of hydrogen-bond donors (Lipinski definition) is 0. The van der Waals surface area contributed by atoms with Gasteiger partial charge in [0.1, 0.15) is 0 Å². The standard InChI is InChI=1S/C6H8N2.Ne/c1-2-4-8-5-3-7-6-8;/h2-3,5-6H,1,4H2;. The van der Waals surface area contributed by atoms with Crippen molar-refractivity contribution in [3.8, 4) is 0 Å². The molecule has 0 spiro atoms. The van der Waals surface area contributed by atoms with E-state index < -0.39 is 0 Å². The molecule has 50 valence electrons. The molecule has 0 amide bonds. The van der Waals surface area contributed by atoms with Crippen molar-refractivity contribution in [1.82, 2.24) is 9.55 Å². The van der Waals surface area contributed by atoms with E-state index in [1.807, 2.05) is 16.8 Å². The van der Waals surface area contributed by atoms with Gasteiger partial charge in [-0.25, -0.2) is 4.98 Å². The summed E-state index contributed by atoms with van der Waals surface area (Å²) in [4.78, 5) is 3.86. The van der Waals surface area contributed by atoms with Gasteiger partial charge in [0.25, 0.3) is 0 Å². The molecule has 0 unspecified atom stereocenters. The number of nitrogens with zero attached hydrogens (tertiary/aromatic N) is 2. The normalized spacial score (nSPS) is 8.00. The summed E-state index contributed by atoms with van der Waals surface area (Å²) in [5, 5.41) is 0. The second-order valence-corrected chi connectivity index (χ2v) is 1.55. The van der Waals surface area contributed by atoms with Crippen LogP contribution in [0.5, 0.6) is 0 Å². The summed E-state index contributed by atoms with van der Waals surface area (Å²) in [6, 6.07) is 0. The van der Waals surface area contributed by atoms with E-state index in [0.717, 1.165) is 6.54 Å². The molecule has 1 rings (SSSR count). The summed E-state index contributed by atoms with van der Waals surface area (Å²) in [6.45, 7) is 4.43. The zero-order chi connectivity index (χ0) is 5.82. The smallest absolute Gasteiger partial charge is 0.0948 e. The van der Waals surface area contributed by atoms with E-state index in [1.165, 1.54) is 0 Å². The number of rotatable bonds is 2. The average Bonchev–Trinajstić information content (AvgIpc) is 2.19. The molecule has 1 heterocycles. The van der Waals surface area contributed by atoms with E-state index in [-0.39, 0.29) is 6.15 Å². The number of imidazole rings is 1. The van der Waals surface area contributed by atoms with Crippen LogP contribution in [0.3, 0.4) is 0 Å². The SMILES string of the molecule is C=CCn1ccnc1.[Ne]. The van der Waals surface area contributed by atoms with Crippen LogP contribution in [-0.2, 0) is 6.54 Å². The van der Waals surface area contributed by atoms with Gasteiger partial charge in [-0.15, -0.1) is 6.58 Å². The topological polar surface area (TPSA) is 17.8 Å². The second-order valence-electron chi connectivity index (χ2n) is 1.55. The van der Waals surface area contributed by atoms with Crippen LogP contribution in [0.1, 0.15) is 0 Å². The van der Waals surface area contributed by atoms with Crippen molar-refractivity contribution >= 4 is 0 Å². The van der Waals surface area contributed by atoms with E-state index in [0.29, 0.717) is 0 Å². The zero-order valence-corrected chi connectivity index (χ0v) is 4.97. The largest absolute Gasteiger partial charge is 0.334 e. The Morgan fingerprint density at radius 3 is 2.89 bits per heavy atom. The summed E-state index contributed by atoms with van der Waals surface area (Å²) in [7, 11) is 0. The zero-order valence-electron chi connectivity index (χ0n) is 4.97. The van der Waals surface area contributed by atoms with E-state index in [4.69, 9.17) is 0 Å². The van der Waals surface area contributed by atoms with Crippen LogP contribution < -0.4 is 0 Å². The molecule has 0 bridgehead atoms. The van der Waals surface area contributed by atoms with E-state index >= 15 is 0 Å². The van der Waals surface area contributed by atoms with Crippen molar-refractivity contribution in [2.45, 2.75) is 6.54 Å². The van der Waals surface area contributed by atoms with Crippen LogP contribution >= 0.6 is 0 Å². The minimum absolute atomic E-state index is 0. The molecule has 0 aliphatic heterocycles. The number of aromatic nitrogens is 2. The molecule has 0 radical (unpaired) electrons. The molecule has 9 heavy (non-hydrogen) atoms. The first-order valence-electron chi connectivity index (χ1n) is 2.50. The summed E-state index contributed by atoms with van der Waals surface area (Å²) in [5.74, 6) is 0. The minimum atomic E-state index is 0. The Balaban J connectivity index is 0.000000640. The maximum absolute atomic E-state index is 3.86. The number of hydrogen-bond acceptors (Lipinski definition) is 1. The first-order valence-corrected chi connectivity index (χ1v) is 2.50. The summed E-state index contributed by atoms with van der Waals surface area (Å²) >= 11 is 0. The molecular weight excluding hydrogens is 120 g/mol. The molecule has 0 aliphatic rings. The minimum Gasteiger partial charge on any atom is -0.334 e. The van der Waals surface area contributed by atoms with Crippen molar-refractivity contribution in [2.75, 3.05) is 0 Å². The van der Waals surface area contributed by atoms with Crippen molar-refractivity contribution in [1.29, 1.82) is 0 Å². The Morgan fingerprint density at radius 1 is 1.67 bits per heavy atom. The first kappa shape index (κ1) is 7.86. The van der Waals surface area contributed by atoms with Crippen LogP contribution in [-0.4, -0.2) is 9.55 Å². The Morgan fingerprint density at radius 2 is 2.44 bits per heavy atom. The van der Waals surface area contributed by atoms with Gasteiger partial charge in [-0.2, -0.15) is 0 Å². The third-order valence-electron chi connectivity index (χ3n) is 0.899. The van der Waals surface area contributed by atoms with E-state index in [1.54, 1.807) is 12.5 Å². The molecule has 0 aliphatic carbocycles. The molecule has 2 nitrogen and oxygen atoms in total. The van der Waals surface area contributed by atoms with E-state index in [9.17, 15) is 0 Å². The maximum Gasteiger partial charge on any atom is 0.0948 e. The molecule has 1 aromatic heterocycles. The summed E-state index contributed by atoms with van der Waals surface area (Å²) < 4.78 is 1.95. The third-order valence-corrected chi connectivity index (χ3v) is 0.899. The van der Waals surface area contributed by atoms with Crippen molar-refractivity contribution in [3.63, 3.8) is 0 Å². The van der Waals surface area contributed by atoms with Gasteiger partial charge < -0.3 is 4.57 Å². The number of allylic oxidation sites excluding steroid dienone is 1. The van der Waals surface area contributed by atoms with Crippen LogP contribution in [0.2, 0.25) is 0 Å². The first-order chi connectivity index (χ1) is 3.93. The van der Waals surface area contributed by atoms with Gasteiger partial charge >= 0.3 is 0 Å². The molecule has 0 saturated heterocycles. The Kier molecular flexibility index (Phi) is 3.33. The van der Waals surface area contributed by atoms with Crippen LogP contribution in [0.4, 0.5) is 0 Å². The summed E-state index contributed by atoms with van der Waals surface area (Å²) in [5.41, 5.74) is 0. The fraction of sp³-hybridized carbons (Fsp3) is 0.167. The fourth-order valence-corrected chi connectivity index (χ4v) is 0.544. The molecule has 0 saturated carbocycles.